The molecule has 0 aliphatic heterocycles. The molecule has 0 radical (unpaired) electrons. The molecule has 0 amide bonds. The number of ether oxygens (including phenoxy) is 2. The first-order valence-corrected chi connectivity index (χ1v) is 7.43. The molecule has 0 aliphatic carbocycles. The van der Waals surface area contributed by atoms with Gasteiger partial charge >= 0.3 is 0 Å². The zero-order valence-corrected chi connectivity index (χ0v) is 14.3. The number of likely N-dealkylation sites (N-methyl/N-ethyl adjacent to an activating group) is 1. The molecule has 0 fully saturated rings. The highest BCUT2D eigenvalue weighted by atomic mass is 16.5. The largest absolute Gasteiger partial charge is 0.497 e. The molecule has 0 aliphatic rings. The number of methoxy groups -OCH3 is 2. The summed E-state index contributed by atoms with van der Waals surface area (Å²) in [5, 5.41) is 3.55. The van der Waals surface area contributed by atoms with Crippen molar-refractivity contribution in [2.24, 2.45) is 0 Å². The number of nitrogens with one attached hydrogen (secondary N) is 1. The van der Waals surface area contributed by atoms with E-state index in [1.807, 2.05) is 12.1 Å². The third-order valence-electron chi connectivity index (χ3n) is 3.44. The first-order chi connectivity index (χ1) is 9.85. The molecule has 1 atom stereocenters. The van der Waals surface area contributed by atoms with E-state index in [2.05, 4.69) is 50.2 Å². The van der Waals surface area contributed by atoms with Gasteiger partial charge in [-0.2, -0.15) is 0 Å². The fraction of sp³-hybridized carbons (Fsp3) is 0.647. The number of nitrogens with zero attached hydrogens (tertiary/aromatic N) is 1. The summed E-state index contributed by atoms with van der Waals surface area (Å²) in [5.74, 6) is 0.893. The van der Waals surface area contributed by atoms with Crippen LogP contribution in [0, 0.1) is 0 Å². The maximum Gasteiger partial charge on any atom is 0.118 e. The van der Waals surface area contributed by atoms with E-state index in [0.29, 0.717) is 6.04 Å². The summed E-state index contributed by atoms with van der Waals surface area (Å²) in [4.78, 5) is 2.32. The molecule has 0 saturated carbocycles. The predicted octanol–water partition coefficient (Wildman–Crippen LogP) is 2.53. The summed E-state index contributed by atoms with van der Waals surface area (Å²) < 4.78 is 10.6. The third-order valence-corrected chi connectivity index (χ3v) is 3.44. The number of hydrogen-bond donors (Lipinski definition) is 1. The summed E-state index contributed by atoms with van der Waals surface area (Å²) >= 11 is 0. The fourth-order valence-corrected chi connectivity index (χ4v) is 2.11. The smallest absolute Gasteiger partial charge is 0.118 e. The van der Waals surface area contributed by atoms with Gasteiger partial charge in [0.25, 0.3) is 0 Å². The first kappa shape index (κ1) is 18.0. The molecule has 0 spiro atoms. The van der Waals surface area contributed by atoms with Crippen molar-refractivity contribution in [2.75, 3.05) is 34.4 Å². The van der Waals surface area contributed by atoms with E-state index in [-0.39, 0.29) is 5.54 Å². The van der Waals surface area contributed by atoms with Gasteiger partial charge in [0.1, 0.15) is 5.75 Å². The highest BCUT2D eigenvalue weighted by Crippen LogP contribution is 2.14. The van der Waals surface area contributed by atoms with Crippen LogP contribution < -0.4 is 10.1 Å². The maximum atomic E-state index is 5.36. The van der Waals surface area contributed by atoms with E-state index in [0.717, 1.165) is 25.4 Å². The quantitative estimate of drug-likeness (QED) is 0.799. The molecule has 0 saturated heterocycles. The van der Waals surface area contributed by atoms with E-state index in [1.54, 1.807) is 14.2 Å². The molecule has 1 aromatic rings. The third kappa shape index (κ3) is 6.93. The maximum absolute atomic E-state index is 5.36. The van der Waals surface area contributed by atoms with Crippen molar-refractivity contribution >= 4 is 0 Å². The summed E-state index contributed by atoms with van der Waals surface area (Å²) in [6.07, 6.45) is 0. The van der Waals surface area contributed by atoms with E-state index in [1.165, 1.54) is 5.56 Å². The van der Waals surface area contributed by atoms with Gasteiger partial charge < -0.3 is 14.8 Å². The Labute approximate surface area is 129 Å². The lowest BCUT2D eigenvalue weighted by molar-refractivity contribution is 0.0972. The van der Waals surface area contributed by atoms with Crippen molar-refractivity contribution in [2.45, 2.75) is 38.9 Å². The van der Waals surface area contributed by atoms with Gasteiger partial charge in [0, 0.05) is 31.8 Å². The van der Waals surface area contributed by atoms with Gasteiger partial charge in [-0.15, -0.1) is 0 Å². The number of rotatable bonds is 8. The van der Waals surface area contributed by atoms with Crippen LogP contribution in [-0.4, -0.2) is 50.9 Å². The second-order valence-electron chi connectivity index (χ2n) is 6.50. The highest BCUT2D eigenvalue weighted by Gasteiger charge is 2.18. The molecule has 0 aromatic heterocycles. The Morgan fingerprint density at radius 2 is 1.76 bits per heavy atom. The summed E-state index contributed by atoms with van der Waals surface area (Å²) in [6, 6.07) is 8.56. The van der Waals surface area contributed by atoms with Crippen LogP contribution in [-0.2, 0) is 11.3 Å². The second kappa shape index (κ2) is 8.37. The minimum atomic E-state index is 0.118. The zero-order chi connectivity index (χ0) is 15.9. The normalized spacial score (nSPS) is 13.5. The van der Waals surface area contributed by atoms with Gasteiger partial charge in [-0.1, -0.05) is 12.1 Å². The molecule has 4 nitrogen and oxygen atoms in total. The molecular formula is C17H30N2O2. The van der Waals surface area contributed by atoms with Gasteiger partial charge in [-0.05, 0) is 45.5 Å². The minimum Gasteiger partial charge on any atom is -0.497 e. The van der Waals surface area contributed by atoms with Crippen molar-refractivity contribution in [3.63, 3.8) is 0 Å². The Morgan fingerprint density at radius 3 is 2.24 bits per heavy atom. The van der Waals surface area contributed by atoms with Crippen molar-refractivity contribution in [3.8, 4) is 5.75 Å². The fourth-order valence-electron chi connectivity index (χ4n) is 2.11. The molecule has 1 N–H and O–H groups in total. The minimum absolute atomic E-state index is 0.118. The molecule has 1 unspecified atom stereocenters. The Balaban J connectivity index is 2.60. The van der Waals surface area contributed by atoms with Crippen LogP contribution in [0.2, 0.25) is 0 Å². The van der Waals surface area contributed by atoms with Gasteiger partial charge in [0.15, 0.2) is 0 Å². The van der Waals surface area contributed by atoms with E-state index < -0.39 is 0 Å². The average Bonchev–Trinajstić information content (AvgIpc) is 2.43. The highest BCUT2D eigenvalue weighted by molar-refractivity contribution is 5.27. The summed E-state index contributed by atoms with van der Waals surface area (Å²) in [5.41, 5.74) is 1.39. The van der Waals surface area contributed by atoms with Crippen LogP contribution in [0.5, 0.6) is 5.75 Å². The second-order valence-corrected chi connectivity index (χ2v) is 6.50. The van der Waals surface area contributed by atoms with Crippen LogP contribution in [0.3, 0.4) is 0 Å². The molecule has 120 valence electrons. The molecule has 21 heavy (non-hydrogen) atoms. The average molecular weight is 294 g/mol. The number of hydrogen-bond acceptors (Lipinski definition) is 4. The molecular weight excluding hydrogens is 264 g/mol. The zero-order valence-electron chi connectivity index (χ0n) is 14.3. The van der Waals surface area contributed by atoms with Crippen LogP contribution in [0.15, 0.2) is 24.3 Å². The number of benzene rings is 1. The standard InChI is InChI=1S/C17H30N2O2/c1-17(2,3)18-11-15(13-20-5)19(4)12-14-7-9-16(21-6)10-8-14/h7-10,15,18H,11-13H2,1-6H3. The molecule has 4 heteroatoms. The van der Waals surface area contributed by atoms with Gasteiger partial charge in [0.05, 0.1) is 13.7 Å². The van der Waals surface area contributed by atoms with Crippen LogP contribution in [0.1, 0.15) is 26.3 Å². The lowest BCUT2D eigenvalue weighted by atomic mass is 10.1. The first-order valence-electron chi connectivity index (χ1n) is 7.43. The SMILES string of the molecule is COCC(CNC(C)(C)C)N(C)Cc1ccc(OC)cc1. The lowest BCUT2D eigenvalue weighted by Gasteiger charge is -2.31. The molecule has 0 bridgehead atoms. The van der Waals surface area contributed by atoms with E-state index in [4.69, 9.17) is 9.47 Å². The van der Waals surface area contributed by atoms with Crippen molar-refractivity contribution < 1.29 is 9.47 Å². The Kier molecular flexibility index (Phi) is 7.15. The Hall–Kier alpha value is -1.10. The monoisotopic (exact) mass is 294 g/mol. The summed E-state index contributed by atoms with van der Waals surface area (Å²) in [7, 11) is 5.58. The van der Waals surface area contributed by atoms with Gasteiger partial charge in [-0.3, -0.25) is 4.90 Å². The van der Waals surface area contributed by atoms with E-state index >= 15 is 0 Å². The Bertz CT molecular complexity index is 398. The molecule has 0 heterocycles. The molecule has 1 aromatic carbocycles. The molecule has 1 rings (SSSR count). The topological polar surface area (TPSA) is 33.7 Å². The van der Waals surface area contributed by atoms with Crippen molar-refractivity contribution in [1.29, 1.82) is 0 Å². The Morgan fingerprint density at radius 1 is 1.14 bits per heavy atom. The van der Waals surface area contributed by atoms with E-state index in [9.17, 15) is 0 Å². The van der Waals surface area contributed by atoms with Crippen LogP contribution in [0.4, 0.5) is 0 Å². The van der Waals surface area contributed by atoms with Crippen LogP contribution in [0.25, 0.3) is 0 Å². The van der Waals surface area contributed by atoms with Gasteiger partial charge in [0.2, 0.25) is 0 Å². The lowest BCUT2D eigenvalue weighted by Crippen LogP contribution is -2.48. The van der Waals surface area contributed by atoms with Crippen molar-refractivity contribution in [1.82, 2.24) is 10.2 Å². The van der Waals surface area contributed by atoms with Gasteiger partial charge in [-0.25, -0.2) is 0 Å². The summed E-state index contributed by atoms with van der Waals surface area (Å²) in [6.45, 7) is 9.06. The van der Waals surface area contributed by atoms with Crippen molar-refractivity contribution in [3.05, 3.63) is 29.8 Å². The van der Waals surface area contributed by atoms with Crippen LogP contribution >= 0.6 is 0 Å². The predicted molar refractivity (Wildman–Crippen MR) is 87.9 cm³/mol.